The van der Waals surface area contributed by atoms with E-state index in [2.05, 4.69) is 23.5 Å². The summed E-state index contributed by atoms with van der Waals surface area (Å²) in [5.74, 6) is 0.853. The lowest BCUT2D eigenvalue weighted by Gasteiger charge is -2.23. The Morgan fingerprint density at radius 1 is 1.75 bits per heavy atom. The first-order chi connectivity index (χ1) is 5.72. The quantitative estimate of drug-likeness (QED) is 0.644. The van der Waals surface area contributed by atoms with Crippen molar-refractivity contribution in [2.45, 2.75) is 26.7 Å². The van der Waals surface area contributed by atoms with Gasteiger partial charge in [-0.3, -0.25) is 0 Å². The lowest BCUT2D eigenvalue weighted by Crippen LogP contribution is -2.25. The predicted molar refractivity (Wildman–Crippen MR) is 48.6 cm³/mol. The van der Waals surface area contributed by atoms with Gasteiger partial charge < -0.3 is 5.43 Å². The van der Waals surface area contributed by atoms with Crippen molar-refractivity contribution >= 4 is 5.71 Å². The van der Waals surface area contributed by atoms with Crippen LogP contribution in [0.4, 0.5) is 0 Å². The van der Waals surface area contributed by atoms with Crippen molar-refractivity contribution < 1.29 is 0 Å². The van der Waals surface area contributed by atoms with Gasteiger partial charge in [-0.05, 0) is 25.7 Å². The van der Waals surface area contributed by atoms with Crippen LogP contribution in [0.25, 0.3) is 0 Å². The Morgan fingerprint density at radius 3 is 2.92 bits per heavy atom. The molecule has 1 N–H and O–H groups in total. The lowest BCUT2D eigenvalue weighted by molar-refractivity contribution is 0.536. The van der Waals surface area contributed by atoms with Gasteiger partial charge in [-0.2, -0.15) is 10.4 Å². The van der Waals surface area contributed by atoms with Crippen LogP contribution < -0.4 is 5.43 Å². The molecule has 0 aliphatic heterocycles. The molecule has 0 aromatic heterocycles. The SMILES string of the molecule is CC(C#N)CNN=C1CC(C)C1. The van der Waals surface area contributed by atoms with Gasteiger partial charge in [0.15, 0.2) is 0 Å². The molecule has 0 aromatic rings. The first-order valence-electron chi connectivity index (χ1n) is 4.40. The van der Waals surface area contributed by atoms with Crippen molar-refractivity contribution in [1.29, 1.82) is 5.26 Å². The highest BCUT2D eigenvalue weighted by atomic mass is 15.3. The summed E-state index contributed by atoms with van der Waals surface area (Å²) in [6.45, 7) is 4.77. The molecule has 0 aromatic carbocycles. The van der Waals surface area contributed by atoms with E-state index in [1.807, 2.05) is 6.92 Å². The third-order valence-electron chi connectivity index (χ3n) is 2.02. The molecule has 1 saturated carbocycles. The smallest absolute Gasteiger partial charge is 0.0672 e. The Hall–Kier alpha value is -1.04. The standard InChI is InChI=1S/C9H15N3/c1-7-3-9(4-7)12-11-6-8(2)5-10/h7-8,11H,3-4,6H2,1-2H3. The average Bonchev–Trinajstić information content (AvgIpc) is 2.01. The predicted octanol–water partition coefficient (Wildman–Crippen LogP) is 1.52. The van der Waals surface area contributed by atoms with E-state index in [0.29, 0.717) is 6.54 Å². The molecule has 3 nitrogen and oxygen atoms in total. The summed E-state index contributed by atoms with van der Waals surface area (Å²) >= 11 is 0. The average molecular weight is 165 g/mol. The van der Waals surface area contributed by atoms with Crippen molar-refractivity contribution in [2.75, 3.05) is 6.54 Å². The summed E-state index contributed by atoms with van der Waals surface area (Å²) in [4.78, 5) is 0. The van der Waals surface area contributed by atoms with Crippen molar-refractivity contribution in [3.63, 3.8) is 0 Å². The number of hydrogen-bond donors (Lipinski definition) is 1. The summed E-state index contributed by atoms with van der Waals surface area (Å²) < 4.78 is 0. The van der Waals surface area contributed by atoms with Crippen molar-refractivity contribution in [1.82, 2.24) is 5.43 Å². The zero-order valence-electron chi connectivity index (χ0n) is 7.67. The molecule has 0 saturated heterocycles. The van der Waals surface area contributed by atoms with Crippen LogP contribution in [-0.4, -0.2) is 12.3 Å². The van der Waals surface area contributed by atoms with E-state index in [1.54, 1.807) is 0 Å². The summed E-state index contributed by atoms with van der Waals surface area (Å²) in [6, 6.07) is 2.15. The zero-order chi connectivity index (χ0) is 8.97. The van der Waals surface area contributed by atoms with Gasteiger partial charge in [0.1, 0.15) is 0 Å². The third kappa shape index (κ3) is 2.54. The molecule has 1 fully saturated rings. The molecular weight excluding hydrogens is 150 g/mol. The molecule has 1 aliphatic rings. The van der Waals surface area contributed by atoms with Crippen LogP contribution in [0.5, 0.6) is 0 Å². The largest absolute Gasteiger partial charge is 0.309 e. The highest BCUT2D eigenvalue weighted by molar-refractivity contribution is 5.89. The fraction of sp³-hybridized carbons (Fsp3) is 0.778. The van der Waals surface area contributed by atoms with E-state index in [4.69, 9.17) is 5.26 Å². The molecule has 1 rings (SSSR count). The van der Waals surface area contributed by atoms with Gasteiger partial charge in [0.2, 0.25) is 0 Å². The fourth-order valence-electron chi connectivity index (χ4n) is 1.18. The molecule has 1 atom stereocenters. The molecule has 66 valence electrons. The minimum atomic E-state index is 0.0480. The molecule has 0 spiro atoms. The summed E-state index contributed by atoms with van der Waals surface area (Å²) in [5, 5.41) is 12.7. The Bertz CT molecular complexity index is 206. The van der Waals surface area contributed by atoms with Gasteiger partial charge in [0.05, 0.1) is 12.0 Å². The first-order valence-corrected chi connectivity index (χ1v) is 4.40. The molecule has 1 unspecified atom stereocenters. The Labute approximate surface area is 73.5 Å². The second-order valence-electron chi connectivity index (χ2n) is 3.58. The summed E-state index contributed by atoms with van der Waals surface area (Å²) in [6.07, 6.45) is 2.24. The number of hydrogen-bond acceptors (Lipinski definition) is 3. The Morgan fingerprint density at radius 2 is 2.42 bits per heavy atom. The number of nitriles is 1. The molecular formula is C9H15N3. The molecule has 12 heavy (non-hydrogen) atoms. The van der Waals surface area contributed by atoms with E-state index >= 15 is 0 Å². The van der Waals surface area contributed by atoms with Crippen LogP contribution in [0.3, 0.4) is 0 Å². The fourth-order valence-corrected chi connectivity index (χ4v) is 1.18. The number of nitrogens with one attached hydrogen (secondary N) is 1. The van der Waals surface area contributed by atoms with Crippen LogP contribution in [0, 0.1) is 23.2 Å². The van der Waals surface area contributed by atoms with Crippen molar-refractivity contribution in [3.8, 4) is 6.07 Å². The second kappa shape index (κ2) is 4.10. The minimum Gasteiger partial charge on any atom is -0.309 e. The van der Waals surface area contributed by atoms with Gasteiger partial charge in [-0.25, -0.2) is 0 Å². The van der Waals surface area contributed by atoms with Crippen LogP contribution in [0.1, 0.15) is 26.7 Å². The number of hydrazone groups is 1. The second-order valence-corrected chi connectivity index (χ2v) is 3.58. The van der Waals surface area contributed by atoms with Gasteiger partial charge in [0, 0.05) is 12.3 Å². The van der Waals surface area contributed by atoms with E-state index in [1.165, 1.54) is 5.71 Å². The molecule has 0 bridgehead atoms. The van der Waals surface area contributed by atoms with Crippen LogP contribution in [0.2, 0.25) is 0 Å². The molecule has 0 heterocycles. The maximum atomic E-state index is 8.47. The maximum Gasteiger partial charge on any atom is 0.0672 e. The molecule has 0 amide bonds. The molecule has 1 aliphatic carbocycles. The third-order valence-corrected chi connectivity index (χ3v) is 2.02. The summed E-state index contributed by atoms with van der Waals surface area (Å²) in [7, 11) is 0. The van der Waals surface area contributed by atoms with E-state index in [9.17, 15) is 0 Å². The van der Waals surface area contributed by atoms with E-state index < -0.39 is 0 Å². The first kappa shape index (κ1) is 9.05. The van der Waals surface area contributed by atoms with Gasteiger partial charge in [-0.1, -0.05) is 6.92 Å². The van der Waals surface area contributed by atoms with Crippen LogP contribution in [-0.2, 0) is 0 Å². The van der Waals surface area contributed by atoms with Gasteiger partial charge in [-0.15, -0.1) is 0 Å². The topological polar surface area (TPSA) is 48.2 Å². The Kier molecular flexibility index (Phi) is 3.09. The lowest BCUT2D eigenvalue weighted by atomic mass is 9.85. The molecule has 0 radical (unpaired) electrons. The highest BCUT2D eigenvalue weighted by Gasteiger charge is 2.19. The normalized spacial score (nSPS) is 23.8. The number of rotatable bonds is 3. The van der Waals surface area contributed by atoms with E-state index in [0.717, 1.165) is 18.8 Å². The number of nitrogens with zero attached hydrogens (tertiary/aromatic N) is 2. The van der Waals surface area contributed by atoms with Crippen LogP contribution in [0.15, 0.2) is 5.10 Å². The monoisotopic (exact) mass is 165 g/mol. The van der Waals surface area contributed by atoms with E-state index in [-0.39, 0.29) is 5.92 Å². The highest BCUT2D eigenvalue weighted by Crippen LogP contribution is 2.22. The van der Waals surface area contributed by atoms with Gasteiger partial charge >= 0.3 is 0 Å². The minimum absolute atomic E-state index is 0.0480. The zero-order valence-corrected chi connectivity index (χ0v) is 7.67. The molecule has 3 heteroatoms. The summed E-state index contributed by atoms with van der Waals surface area (Å²) in [5.41, 5.74) is 4.17. The Balaban J connectivity index is 2.11. The van der Waals surface area contributed by atoms with Crippen molar-refractivity contribution in [2.24, 2.45) is 16.9 Å². The van der Waals surface area contributed by atoms with Crippen molar-refractivity contribution in [3.05, 3.63) is 0 Å². The maximum absolute atomic E-state index is 8.47. The van der Waals surface area contributed by atoms with Crippen LogP contribution >= 0.6 is 0 Å². The van der Waals surface area contributed by atoms with Gasteiger partial charge in [0.25, 0.3) is 0 Å².